The van der Waals surface area contributed by atoms with Crippen molar-refractivity contribution in [2.24, 2.45) is 0 Å². The number of pyridine rings is 1. The Bertz CT molecular complexity index is 487. The third-order valence-electron chi connectivity index (χ3n) is 2.21. The van der Waals surface area contributed by atoms with Gasteiger partial charge in [0.05, 0.1) is 0 Å². The highest BCUT2D eigenvalue weighted by molar-refractivity contribution is 5.69. The van der Waals surface area contributed by atoms with E-state index in [-0.39, 0.29) is 0 Å². The van der Waals surface area contributed by atoms with Gasteiger partial charge in [0.1, 0.15) is 12.1 Å². The van der Waals surface area contributed by atoms with Crippen molar-refractivity contribution in [3.63, 3.8) is 0 Å². The summed E-state index contributed by atoms with van der Waals surface area (Å²) in [5.41, 5.74) is 1.39. The largest absolute Gasteiger partial charge is 0.476 e. The number of hydrogen-bond acceptors (Lipinski definition) is 5. The quantitative estimate of drug-likeness (QED) is 0.790. The van der Waals surface area contributed by atoms with E-state index in [0.29, 0.717) is 24.2 Å². The maximum Gasteiger partial charge on any atom is 0.215 e. The molecule has 0 unspecified atom stereocenters. The van der Waals surface area contributed by atoms with Crippen LogP contribution in [0.5, 0.6) is 5.88 Å². The Morgan fingerprint density at radius 1 is 1.24 bits per heavy atom. The fourth-order valence-corrected chi connectivity index (χ4v) is 1.42. The molecule has 0 saturated carbocycles. The number of fused-ring (bicyclic) bond motifs is 1. The minimum Gasteiger partial charge on any atom is -0.476 e. The van der Waals surface area contributed by atoms with Crippen LogP contribution in [0.2, 0.25) is 0 Å². The van der Waals surface area contributed by atoms with Gasteiger partial charge in [0.15, 0.2) is 5.65 Å². The molecule has 90 valence electrons. The summed E-state index contributed by atoms with van der Waals surface area (Å²) in [6, 6.07) is 4.14. The number of rotatable bonds is 5. The van der Waals surface area contributed by atoms with Gasteiger partial charge in [-0.05, 0) is 6.07 Å². The smallest absolute Gasteiger partial charge is 0.215 e. The maximum absolute atomic E-state index is 5.52. The highest BCUT2D eigenvalue weighted by Gasteiger charge is 2.00. The van der Waals surface area contributed by atoms with Crippen LogP contribution in [0.3, 0.4) is 0 Å². The Morgan fingerprint density at radius 2 is 2.06 bits per heavy atom. The molecule has 17 heavy (non-hydrogen) atoms. The molecular formula is C12H16N4O. The Morgan fingerprint density at radius 3 is 2.88 bits per heavy atom. The minimum absolute atomic E-state index is 0.467. The summed E-state index contributed by atoms with van der Waals surface area (Å²) >= 11 is 0. The van der Waals surface area contributed by atoms with Gasteiger partial charge in [0.25, 0.3) is 0 Å². The second kappa shape index (κ2) is 5.54. The van der Waals surface area contributed by atoms with Crippen LogP contribution in [0.25, 0.3) is 11.2 Å². The van der Waals surface area contributed by atoms with Gasteiger partial charge < -0.3 is 10.1 Å². The van der Waals surface area contributed by atoms with Crippen molar-refractivity contribution in [3.05, 3.63) is 24.5 Å². The van der Waals surface area contributed by atoms with Crippen LogP contribution in [-0.2, 0) is 0 Å². The van der Waals surface area contributed by atoms with E-state index >= 15 is 0 Å². The monoisotopic (exact) mass is 232 g/mol. The van der Waals surface area contributed by atoms with Crippen LogP contribution in [0.1, 0.15) is 13.8 Å². The molecule has 0 spiro atoms. The summed E-state index contributed by atoms with van der Waals surface area (Å²) in [5.74, 6) is 0.587. The third kappa shape index (κ3) is 3.35. The topological polar surface area (TPSA) is 59.9 Å². The summed E-state index contributed by atoms with van der Waals surface area (Å²) in [7, 11) is 0. The molecule has 0 radical (unpaired) electrons. The van der Waals surface area contributed by atoms with Crippen LogP contribution in [0.15, 0.2) is 24.5 Å². The molecule has 2 rings (SSSR count). The Kier molecular flexibility index (Phi) is 3.82. The van der Waals surface area contributed by atoms with Gasteiger partial charge in [-0.15, -0.1) is 0 Å². The second-order valence-electron chi connectivity index (χ2n) is 4.01. The van der Waals surface area contributed by atoms with Crippen molar-refractivity contribution < 1.29 is 4.74 Å². The van der Waals surface area contributed by atoms with Crippen LogP contribution in [0, 0.1) is 0 Å². The molecule has 0 saturated heterocycles. The average Bonchev–Trinajstić information content (AvgIpc) is 2.34. The molecule has 2 aromatic heterocycles. The predicted molar refractivity (Wildman–Crippen MR) is 66.0 cm³/mol. The highest BCUT2D eigenvalue weighted by atomic mass is 16.5. The van der Waals surface area contributed by atoms with Crippen molar-refractivity contribution in [1.82, 2.24) is 20.3 Å². The summed E-state index contributed by atoms with van der Waals surface area (Å²) in [5, 5.41) is 3.27. The zero-order chi connectivity index (χ0) is 12.1. The van der Waals surface area contributed by atoms with Crippen molar-refractivity contribution in [2.45, 2.75) is 19.9 Å². The first-order valence-electron chi connectivity index (χ1n) is 5.69. The standard InChI is InChI=1S/C12H16N4O/c1-9(2)13-7-8-17-11-4-3-10-12(16-11)15-6-5-14-10/h3-6,9,13H,7-8H2,1-2H3. The van der Waals surface area contributed by atoms with Gasteiger partial charge in [-0.1, -0.05) is 13.8 Å². The lowest BCUT2D eigenvalue weighted by Crippen LogP contribution is -2.27. The summed E-state index contributed by atoms with van der Waals surface area (Å²) in [4.78, 5) is 12.5. The van der Waals surface area contributed by atoms with Crippen LogP contribution in [-0.4, -0.2) is 34.1 Å². The van der Waals surface area contributed by atoms with E-state index < -0.39 is 0 Å². The first kappa shape index (κ1) is 11.7. The molecule has 0 aromatic carbocycles. The van der Waals surface area contributed by atoms with Gasteiger partial charge >= 0.3 is 0 Å². The van der Waals surface area contributed by atoms with Crippen LogP contribution in [0.4, 0.5) is 0 Å². The summed E-state index contributed by atoms with van der Waals surface area (Å²) in [6.07, 6.45) is 3.27. The normalized spacial score (nSPS) is 11.0. The van der Waals surface area contributed by atoms with E-state index in [1.165, 1.54) is 0 Å². The van der Waals surface area contributed by atoms with E-state index in [0.717, 1.165) is 12.1 Å². The van der Waals surface area contributed by atoms with Gasteiger partial charge in [-0.2, -0.15) is 4.98 Å². The van der Waals surface area contributed by atoms with Gasteiger partial charge in [-0.25, -0.2) is 4.98 Å². The lowest BCUT2D eigenvalue weighted by molar-refractivity contribution is 0.298. The SMILES string of the molecule is CC(C)NCCOc1ccc2nccnc2n1. The van der Waals surface area contributed by atoms with Gasteiger partial charge in [0.2, 0.25) is 5.88 Å². The van der Waals surface area contributed by atoms with E-state index in [9.17, 15) is 0 Å². The molecule has 5 nitrogen and oxygen atoms in total. The Balaban J connectivity index is 1.95. The lowest BCUT2D eigenvalue weighted by Gasteiger charge is -2.09. The number of hydrogen-bond donors (Lipinski definition) is 1. The van der Waals surface area contributed by atoms with E-state index in [2.05, 4.69) is 34.1 Å². The minimum atomic E-state index is 0.467. The fraction of sp³-hybridized carbons (Fsp3) is 0.417. The molecule has 0 aliphatic carbocycles. The molecule has 0 aliphatic heterocycles. The van der Waals surface area contributed by atoms with Crippen molar-refractivity contribution in [3.8, 4) is 5.88 Å². The number of ether oxygens (including phenoxy) is 1. The van der Waals surface area contributed by atoms with E-state index in [1.54, 1.807) is 12.4 Å². The molecule has 2 aromatic rings. The molecule has 0 bridgehead atoms. The molecule has 0 amide bonds. The Hall–Kier alpha value is -1.75. The van der Waals surface area contributed by atoms with Crippen molar-refractivity contribution in [1.29, 1.82) is 0 Å². The second-order valence-corrected chi connectivity index (χ2v) is 4.01. The molecule has 5 heteroatoms. The zero-order valence-electron chi connectivity index (χ0n) is 10.1. The first-order valence-corrected chi connectivity index (χ1v) is 5.69. The molecule has 1 N–H and O–H groups in total. The lowest BCUT2D eigenvalue weighted by atomic mass is 10.4. The molecule has 0 aliphatic rings. The summed E-state index contributed by atoms with van der Waals surface area (Å²) in [6.45, 7) is 5.60. The van der Waals surface area contributed by atoms with Gasteiger partial charge in [-0.3, -0.25) is 4.98 Å². The number of nitrogens with one attached hydrogen (secondary N) is 1. The number of nitrogens with zero attached hydrogens (tertiary/aromatic N) is 3. The highest BCUT2D eigenvalue weighted by Crippen LogP contribution is 2.11. The maximum atomic E-state index is 5.52. The third-order valence-corrected chi connectivity index (χ3v) is 2.21. The molecule has 0 atom stereocenters. The fourth-order valence-electron chi connectivity index (χ4n) is 1.42. The number of aromatic nitrogens is 3. The molecular weight excluding hydrogens is 216 g/mol. The summed E-state index contributed by atoms with van der Waals surface area (Å²) < 4.78 is 5.52. The van der Waals surface area contributed by atoms with Crippen LogP contribution >= 0.6 is 0 Å². The zero-order valence-corrected chi connectivity index (χ0v) is 10.1. The van der Waals surface area contributed by atoms with Crippen molar-refractivity contribution in [2.75, 3.05) is 13.2 Å². The molecule has 0 fully saturated rings. The molecule has 2 heterocycles. The predicted octanol–water partition coefficient (Wildman–Crippen LogP) is 1.40. The van der Waals surface area contributed by atoms with Gasteiger partial charge in [0, 0.05) is 31.0 Å². The van der Waals surface area contributed by atoms with E-state index in [1.807, 2.05) is 12.1 Å². The van der Waals surface area contributed by atoms with Crippen LogP contribution < -0.4 is 10.1 Å². The Labute approximate surface area is 100 Å². The van der Waals surface area contributed by atoms with E-state index in [4.69, 9.17) is 4.74 Å². The van der Waals surface area contributed by atoms with Crippen molar-refractivity contribution >= 4 is 11.2 Å². The average molecular weight is 232 g/mol. The first-order chi connectivity index (χ1) is 8.25.